The fourth-order valence-corrected chi connectivity index (χ4v) is 1.44. The Morgan fingerprint density at radius 1 is 0.750 bits per heavy atom. The molecule has 1 radical (unpaired) electrons. The van der Waals surface area contributed by atoms with Crippen molar-refractivity contribution < 1.29 is 32.7 Å². The SMILES string of the molecule is C/C(=C\Nc1ccccc1)c1[c-]cccc1.CC.CC.CC(C)=C(C)C.[CH3-].[Y]. The Bertz CT molecular complexity index is 595. The van der Waals surface area contributed by atoms with E-state index in [1.807, 2.05) is 82.4 Å². The minimum atomic E-state index is 0. The summed E-state index contributed by atoms with van der Waals surface area (Å²) in [7, 11) is 0. The molecule has 0 fully saturated rings. The predicted molar refractivity (Wildman–Crippen MR) is 128 cm³/mol. The standard InChI is InChI=1S/C15H14N.C6H12.2C2H6.CH3.Y/c1-13(14-8-4-2-5-9-14)12-16-15-10-6-3-7-11-15;1-5(2)6(3)4;2*1-2;;/h2-8,10-12,16H,1H3;1-4H3;2*1-2H3;1H3;/q-1;;;;-1;/b13-12+;;;;;. The quantitative estimate of drug-likeness (QED) is 0.359. The van der Waals surface area contributed by atoms with Gasteiger partial charge in [-0.05, 0) is 46.0 Å². The van der Waals surface area contributed by atoms with Crippen LogP contribution in [0.4, 0.5) is 5.69 Å². The van der Waals surface area contributed by atoms with Gasteiger partial charge in [-0.2, -0.15) is 0 Å². The smallest absolute Gasteiger partial charge is 0.0373 e. The van der Waals surface area contributed by atoms with Crippen LogP contribution in [0.25, 0.3) is 5.57 Å². The molecule has 0 aliphatic rings. The summed E-state index contributed by atoms with van der Waals surface area (Å²) in [6.07, 6.45) is 2.00. The van der Waals surface area contributed by atoms with E-state index < -0.39 is 0 Å². The number of benzene rings is 2. The van der Waals surface area contributed by atoms with E-state index in [1.165, 1.54) is 16.7 Å². The van der Waals surface area contributed by atoms with Crippen LogP contribution in [-0.2, 0) is 32.7 Å². The number of anilines is 1. The minimum Gasteiger partial charge on any atom is -0.370 e. The molecule has 0 spiro atoms. The summed E-state index contributed by atoms with van der Waals surface area (Å²) in [6, 6.07) is 21.3. The minimum absolute atomic E-state index is 0. The third kappa shape index (κ3) is 18.2. The molecule has 0 aromatic heterocycles. The molecule has 2 rings (SSSR count). The van der Waals surface area contributed by atoms with Crippen LogP contribution in [0.1, 0.15) is 67.9 Å². The van der Waals surface area contributed by atoms with Gasteiger partial charge in [0.15, 0.2) is 0 Å². The van der Waals surface area contributed by atoms with E-state index in [0.29, 0.717) is 0 Å². The van der Waals surface area contributed by atoms with Crippen LogP contribution in [0.3, 0.4) is 0 Å². The maximum atomic E-state index is 3.26. The third-order valence-corrected chi connectivity index (χ3v) is 3.36. The van der Waals surface area contributed by atoms with Gasteiger partial charge >= 0.3 is 0 Å². The fraction of sp³-hybridized carbons (Fsp3) is 0.346. The molecule has 2 heteroatoms. The summed E-state index contributed by atoms with van der Waals surface area (Å²) in [4.78, 5) is 0. The zero-order chi connectivity index (χ0) is 20.4. The molecular weight excluding hydrogens is 415 g/mol. The van der Waals surface area contributed by atoms with E-state index in [-0.39, 0.29) is 40.1 Å². The Labute approximate surface area is 201 Å². The van der Waals surface area contributed by atoms with Gasteiger partial charge < -0.3 is 12.7 Å². The molecule has 28 heavy (non-hydrogen) atoms. The Kier molecular flexibility index (Phi) is 29.3. The normalized spacial score (nSPS) is 8.54. The summed E-state index contributed by atoms with van der Waals surface area (Å²) in [5.74, 6) is 0. The van der Waals surface area contributed by atoms with Crippen molar-refractivity contribution in [3.05, 3.63) is 91.0 Å². The van der Waals surface area contributed by atoms with Crippen molar-refractivity contribution >= 4 is 11.3 Å². The van der Waals surface area contributed by atoms with E-state index in [0.717, 1.165) is 11.3 Å². The van der Waals surface area contributed by atoms with Gasteiger partial charge in [-0.3, -0.25) is 0 Å². The molecular formula is C26H41NY-2. The summed E-state index contributed by atoms with van der Waals surface area (Å²) < 4.78 is 0. The molecule has 1 nitrogen and oxygen atoms in total. The first-order chi connectivity index (χ1) is 12.5. The second kappa shape index (κ2) is 23.9. The molecule has 0 aliphatic heterocycles. The molecule has 0 saturated heterocycles. The van der Waals surface area contributed by atoms with Gasteiger partial charge in [0.2, 0.25) is 0 Å². The molecule has 0 heterocycles. The number of hydrogen-bond donors (Lipinski definition) is 1. The van der Waals surface area contributed by atoms with Crippen LogP contribution in [0.5, 0.6) is 0 Å². The van der Waals surface area contributed by atoms with Crippen LogP contribution in [0, 0.1) is 13.5 Å². The van der Waals surface area contributed by atoms with Crippen molar-refractivity contribution in [3.8, 4) is 0 Å². The van der Waals surface area contributed by atoms with Gasteiger partial charge in [0.1, 0.15) is 0 Å². The van der Waals surface area contributed by atoms with E-state index in [4.69, 9.17) is 0 Å². The molecule has 0 unspecified atom stereocenters. The van der Waals surface area contributed by atoms with E-state index >= 15 is 0 Å². The molecule has 0 aliphatic carbocycles. The number of rotatable bonds is 3. The van der Waals surface area contributed by atoms with E-state index in [1.54, 1.807) is 0 Å². The van der Waals surface area contributed by atoms with E-state index in [2.05, 4.69) is 52.1 Å². The van der Waals surface area contributed by atoms with Crippen molar-refractivity contribution in [2.75, 3.05) is 5.32 Å². The first kappa shape index (κ1) is 34.3. The Hall–Kier alpha value is -1.18. The number of para-hydroxylation sites is 1. The molecule has 0 saturated carbocycles. The zero-order valence-corrected chi connectivity index (χ0v) is 22.7. The summed E-state index contributed by atoms with van der Waals surface area (Å²) in [5, 5.41) is 3.26. The monoisotopic (exact) mass is 456 g/mol. The number of hydrogen-bond acceptors (Lipinski definition) is 1. The topological polar surface area (TPSA) is 12.0 Å². The largest absolute Gasteiger partial charge is 0.370 e. The average molecular weight is 457 g/mol. The Balaban J connectivity index is -0.000000207. The van der Waals surface area contributed by atoms with Crippen molar-refractivity contribution in [3.63, 3.8) is 0 Å². The van der Waals surface area contributed by atoms with Gasteiger partial charge in [-0.25, -0.2) is 0 Å². The zero-order valence-electron chi connectivity index (χ0n) is 19.9. The van der Waals surface area contributed by atoms with Crippen LogP contribution >= 0.6 is 0 Å². The molecule has 155 valence electrons. The Morgan fingerprint density at radius 2 is 1.21 bits per heavy atom. The summed E-state index contributed by atoms with van der Waals surface area (Å²) >= 11 is 0. The van der Waals surface area contributed by atoms with Crippen molar-refractivity contribution in [2.45, 2.75) is 62.3 Å². The first-order valence-electron chi connectivity index (χ1n) is 9.57. The molecule has 1 N–H and O–H groups in total. The van der Waals surface area contributed by atoms with Crippen LogP contribution in [0.15, 0.2) is 71.9 Å². The predicted octanol–water partition coefficient (Wildman–Crippen LogP) is 8.82. The van der Waals surface area contributed by atoms with Gasteiger partial charge in [-0.1, -0.05) is 64.0 Å². The van der Waals surface area contributed by atoms with Gasteiger partial charge in [-0.15, -0.1) is 41.5 Å². The molecule has 2 aromatic rings. The van der Waals surface area contributed by atoms with Gasteiger partial charge in [0.05, 0.1) is 0 Å². The molecule has 2 aromatic carbocycles. The molecule has 0 bridgehead atoms. The van der Waals surface area contributed by atoms with E-state index in [9.17, 15) is 0 Å². The van der Waals surface area contributed by atoms with Crippen molar-refractivity contribution in [2.24, 2.45) is 0 Å². The van der Waals surface area contributed by atoms with Gasteiger partial charge in [0.25, 0.3) is 0 Å². The number of allylic oxidation sites excluding steroid dienone is 3. The second-order valence-electron chi connectivity index (χ2n) is 5.61. The first-order valence-corrected chi connectivity index (χ1v) is 9.57. The second-order valence-corrected chi connectivity index (χ2v) is 5.61. The molecule has 0 atom stereocenters. The number of nitrogens with one attached hydrogen (secondary N) is 1. The van der Waals surface area contributed by atoms with Crippen LogP contribution < -0.4 is 5.32 Å². The maximum Gasteiger partial charge on any atom is 0.0373 e. The van der Waals surface area contributed by atoms with Crippen LogP contribution in [-0.4, -0.2) is 0 Å². The molecule has 0 amide bonds. The maximum absolute atomic E-state index is 3.26. The summed E-state index contributed by atoms with van der Waals surface area (Å²) in [5.41, 5.74) is 6.23. The Morgan fingerprint density at radius 3 is 1.61 bits per heavy atom. The average Bonchev–Trinajstić information content (AvgIpc) is 2.71. The third-order valence-electron chi connectivity index (χ3n) is 3.36. The fourth-order valence-electron chi connectivity index (χ4n) is 1.44. The van der Waals surface area contributed by atoms with Crippen molar-refractivity contribution in [1.29, 1.82) is 0 Å². The van der Waals surface area contributed by atoms with Crippen LogP contribution in [0.2, 0.25) is 0 Å². The van der Waals surface area contributed by atoms with Gasteiger partial charge in [0, 0.05) is 38.4 Å². The van der Waals surface area contributed by atoms with Crippen molar-refractivity contribution in [1.82, 2.24) is 0 Å². The summed E-state index contributed by atoms with van der Waals surface area (Å²) in [6.45, 7) is 18.6.